The van der Waals surface area contributed by atoms with Crippen molar-refractivity contribution in [1.29, 1.82) is 0 Å². The molecule has 5 nitrogen and oxygen atoms in total. The molecule has 2 unspecified atom stereocenters. The van der Waals surface area contributed by atoms with Crippen LogP contribution in [0.25, 0.3) is 0 Å². The fraction of sp³-hybridized carbons (Fsp3) is 0.667. The van der Waals surface area contributed by atoms with E-state index in [0.29, 0.717) is 5.92 Å². The van der Waals surface area contributed by atoms with Gasteiger partial charge in [0, 0.05) is 19.5 Å². The summed E-state index contributed by atoms with van der Waals surface area (Å²) < 4.78 is 0.831. The van der Waals surface area contributed by atoms with E-state index in [9.17, 15) is 5.11 Å². The third kappa shape index (κ3) is 3.11. The second-order valence-corrected chi connectivity index (χ2v) is 5.42. The highest BCUT2D eigenvalue weighted by molar-refractivity contribution is 9.10. The van der Waals surface area contributed by atoms with E-state index in [1.54, 1.807) is 0 Å². The van der Waals surface area contributed by atoms with E-state index in [1.165, 1.54) is 12.7 Å². The van der Waals surface area contributed by atoms with Crippen LogP contribution in [0.1, 0.15) is 25.7 Å². The highest BCUT2D eigenvalue weighted by Crippen LogP contribution is 2.28. The van der Waals surface area contributed by atoms with Gasteiger partial charge in [0.1, 0.15) is 22.4 Å². The Labute approximate surface area is 116 Å². The molecule has 1 aliphatic carbocycles. The van der Waals surface area contributed by atoms with Crippen molar-refractivity contribution < 1.29 is 5.11 Å². The normalized spacial score (nSPS) is 23.7. The van der Waals surface area contributed by atoms with Gasteiger partial charge in [-0.15, -0.1) is 0 Å². The Balaban J connectivity index is 1.97. The predicted octanol–water partition coefficient (Wildman–Crippen LogP) is 2.24. The van der Waals surface area contributed by atoms with Crippen LogP contribution in [0.15, 0.2) is 10.8 Å². The number of nitrogens with one attached hydrogen (secondary N) is 2. The summed E-state index contributed by atoms with van der Waals surface area (Å²) in [6.07, 6.45) is 5.68. The number of aliphatic hydroxyl groups excluding tert-OH is 1. The Kier molecular flexibility index (Phi) is 4.77. The molecule has 1 heterocycles. The van der Waals surface area contributed by atoms with Gasteiger partial charge in [-0.25, -0.2) is 9.97 Å². The second kappa shape index (κ2) is 6.33. The SMILES string of the molecule is CNc1ncnc(NCC2CCCCC2O)c1Br. The zero-order chi connectivity index (χ0) is 13.0. The molecular formula is C12H19BrN4O. The van der Waals surface area contributed by atoms with Gasteiger partial charge in [0.05, 0.1) is 6.10 Å². The molecule has 0 aliphatic heterocycles. The molecule has 0 amide bonds. The van der Waals surface area contributed by atoms with Gasteiger partial charge in [-0.1, -0.05) is 12.8 Å². The highest BCUT2D eigenvalue weighted by Gasteiger charge is 2.23. The van der Waals surface area contributed by atoms with Gasteiger partial charge in [-0.3, -0.25) is 0 Å². The van der Waals surface area contributed by atoms with Gasteiger partial charge >= 0.3 is 0 Å². The summed E-state index contributed by atoms with van der Waals surface area (Å²) in [6, 6.07) is 0. The summed E-state index contributed by atoms with van der Waals surface area (Å²) in [5.74, 6) is 1.85. The molecule has 100 valence electrons. The van der Waals surface area contributed by atoms with E-state index in [-0.39, 0.29) is 6.10 Å². The Morgan fingerprint density at radius 3 is 2.78 bits per heavy atom. The summed E-state index contributed by atoms with van der Waals surface area (Å²) >= 11 is 3.47. The quantitative estimate of drug-likeness (QED) is 0.795. The molecule has 1 fully saturated rings. The summed E-state index contributed by atoms with van der Waals surface area (Å²) in [7, 11) is 1.82. The van der Waals surface area contributed by atoms with Crippen LogP contribution in [-0.2, 0) is 0 Å². The summed E-state index contributed by atoms with van der Waals surface area (Å²) in [4.78, 5) is 8.31. The average Bonchev–Trinajstić information content (AvgIpc) is 2.39. The Hall–Kier alpha value is -0.880. The van der Waals surface area contributed by atoms with Crippen molar-refractivity contribution in [2.45, 2.75) is 31.8 Å². The second-order valence-electron chi connectivity index (χ2n) is 4.63. The molecule has 0 radical (unpaired) electrons. The predicted molar refractivity (Wildman–Crippen MR) is 75.7 cm³/mol. The van der Waals surface area contributed by atoms with Gasteiger partial charge in [0.2, 0.25) is 0 Å². The minimum atomic E-state index is -0.185. The summed E-state index contributed by atoms with van der Waals surface area (Å²) in [6.45, 7) is 0.750. The lowest BCUT2D eigenvalue weighted by Crippen LogP contribution is -2.30. The molecule has 3 N–H and O–H groups in total. The van der Waals surface area contributed by atoms with E-state index in [2.05, 4.69) is 36.5 Å². The van der Waals surface area contributed by atoms with Crippen LogP contribution in [0, 0.1) is 5.92 Å². The lowest BCUT2D eigenvalue weighted by molar-refractivity contribution is 0.0763. The molecule has 0 aromatic carbocycles. The van der Waals surface area contributed by atoms with E-state index >= 15 is 0 Å². The number of aliphatic hydroxyl groups is 1. The molecule has 0 saturated heterocycles. The smallest absolute Gasteiger partial charge is 0.145 e. The van der Waals surface area contributed by atoms with E-state index in [0.717, 1.165) is 41.9 Å². The molecule has 1 aromatic rings. The molecule has 2 rings (SSSR count). The van der Waals surface area contributed by atoms with Crippen LogP contribution in [0.2, 0.25) is 0 Å². The van der Waals surface area contributed by atoms with Crippen molar-refractivity contribution in [3.8, 4) is 0 Å². The molecule has 18 heavy (non-hydrogen) atoms. The van der Waals surface area contributed by atoms with E-state index in [1.807, 2.05) is 7.05 Å². The molecule has 1 aliphatic rings. The van der Waals surface area contributed by atoms with Crippen molar-refractivity contribution >= 4 is 27.6 Å². The van der Waals surface area contributed by atoms with Crippen LogP contribution in [0.4, 0.5) is 11.6 Å². The standard InChI is InChI=1S/C12H19BrN4O/c1-14-11-10(13)12(17-7-16-11)15-6-8-4-2-3-5-9(8)18/h7-9,18H,2-6H2,1H3,(H2,14,15,16,17). The van der Waals surface area contributed by atoms with Gasteiger partial charge in [-0.2, -0.15) is 0 Å². The Morgan fingerprint density at radius 2 is 2.06 bits per heavy atom. The number of hydrogen-bond acceptors (Lipinski definition) is 5. The minimum absolute atomic E-state index is 0.185. The van der Waals surface area contributed by atoms with E-state index in [4.69, 9.17) is 0 Å². The van der Waals surface area contributed by atoms with Crippen LogP contribution < -0.4 is 10.6 Å². The number of hydrogen-bond donors (Lipinski definition) is 3. The average molecular weight is 315 g/mol. The molecule has 0 spiro atoms. The fourth-order valence-corrected chi connectivity index (χ4v) is 2.86. The molecule has 6 heteroatoms. The number of halogens is 1. The number of rotatable bonds is 4. The van der Waals surface area contributed by atoms with Crippen molar-refractivity contribution in [2.75, 3.05) is 24.2 Å². The molecule has 1 saturated carbocycles. The lowest BCUT2D eigenvalue weighted by atomic mass is 9.86. The van der Waals surface area contributed by atoms with Crippen molar-refractivity contribution in [3.63, 3.8) is 0 Å². The van der Waals surface area contributed by atoms with Crippen molar-refractivity contribution in [2.24, 2.45) is 5.92 Å². The number of aromatic nitrogens is 2. The largest absolute Gasteiger partial charge is 0.393 e. The first-order valence-electron chi connectivity index (χ1n) is 6.32. The maximum absolute atomic E-state index is 9.92. The zero-order valence-corrected chi connectivity index (χ0v) is 12.1. The maximum Gasteiger partial charge on any atom is 0.145 e. The fourth-order valence-electron chi connectivity index (χ4n) is 2.32. The van der Waals surface area contributed by atoms with Crippen molar-refractivity contribution in [1.82, 2.24) is 9.97 Å². The van der Waals surface area contributed by atoms with Crippen LogP contribution in [-0.4, -0.2) is 34.8 Å². The van der Waals surface area contributed by atoms with Gasteiger partial charge in [0.25, 0.3) is 0 Å². The Morgan fingerprint density at radius 1 is 1.33 bits per heavy atom. The van der Waals surface area contributed by atoms with Gasteiger partial charge in [-0.05, 0) is 28.8 Å². The molecule has 0 bridgehead atoms. The first kappa shape index (κ1) is 13.5. The van der Waals surface area contributed by atoms with Crippen molar-refractivity contribution in [3.05, 3.63) is 10.8 Å². The first-order valence-corrected chi connectivity index (χ1v) is 7.12. The summed E-state index contributed by atoms with van der Waals surface area (Å²) in [5, 5.41) is 16.2. The third-order valence-electron chi connectivity index (χ3n) is 3.43. The number of anilines is 2. The first-order chi connectivity index (χ1) is 8.72. The Bertz CT molecular complexity index is 402. The lowest BCUT2D eigenvalue weighted by Gasteiger charge is -2.27. The van der Waals surface area contributed by atoms with E-state index < -0.39 is 0 Å². The minimum Gasteiger partial charge on any atom is -0.393 e. The summed E-state index contributed by atoms with van der Waals surface area (Å²) in [5.41, 5.74) is 0. The zero-order valence-electron chi connectivity index (χ0n) is 10.5. The van der Waals surface area contributed by atoms with Gasteiger partial charge < -0.3 is 15.7 Å². The molecule has 2 atom stereocenters. The molecular weight excluding hydrogens is 296 g/mol. The third-order valence-corrected chi connectivity index (χ3v) is 4.18. The highest BCUT2D eigenvalue weighted by atomic mass is 79.9. The maximum atomic E-state index is 9.92. The molecule has 1 aromatic heterocycles. The topological polar surface area (TPSA) is 70.1 Å². The van der Waals surface area contributed by atoms with Crippen LogP contribution in [0.5, 0.6) is 0 Å². The van der Waals surface area contributed by atoms with Gasteiger partial charge in [0.15, 0.2) is 0 Å². The van der Waals surface area contributed by atoms with Crippen LogP contribution in [0.3, 0.4) is 0 Å². The van der Waals surface area contributed by atoms with Crippen LogP contribution >= 0.6 is 15.9 Å². The number of nitrogens with zero attached hydrogens (tertiary/aromatic N) is 2. The monoisotopic (exact) mass is 314 g/mol.